The lowest BCUT2D eigenvalue weighted by molar-refractivity contribution is -0.116. The summed E-state index contributed by atoms with van der Waals surface area (Å²) in [7, 11) is -3.95. The molecule has 0 spiro atoms. The van der Waals surface area contributed by atoms with Crippen LogP contribution in [0, 0.1) is 13.8 Å². The smallest absolute Gasteiger partial charge is 0.243 e. The van der Waals surface area contributed by atoms with Gasteiger partial charge >= 0.3 is 0 Å². The summed E-state index contributed by atoms with van der Waals surface area (Å²) in [6, 6.07) is 16.8. The van der Waals surface area contributed by atoms with Crippen LogP contribution in [0.25, 0.3) is 0 Å². The van der Waals surface area contributed by atoms with Crippen LogP contribution in [0.15, 0.2) is 65.6 Å². The molecule has 3 aromatic carbocycles. The number of carbonyl (C=O) groups excluding carboxylic acids is 1. The average molecular weight is 512 g/mol. The molecular formula is C23H21Cl3N2O3S. The van der Waals surface area contributed by atoms with Gasteiger partial charge in [-0.15, -0.1) is 0 Å². The number of anilines is 1. The normalized spacial score (nSPS) is 11.6. The fourth-order valence-electron chi connectivity index (χ4n) is 2.95. The van der Waals surface area contributed by atoms with Crippen molar-refractivity contribution in [3.05, 3.63) is 92.4 Å². The van der Waals surface area contributed by atoms with Gasteiger partial charge in [0, 0.05) is 6.54 Å². The van der Waals surface area contributed by atoms with Gasteiger partial charge in [-0.2, -0.15) is 4.31 Å². The number of amides is 1. The first-order valence-electron chi connectivity index (χ1n) is 9.63. The Kier molecular flexibility index (Phi) is 7.85. The number of nitrogens with zero attached hydrogens (tertiary/aromatic N) is 1. The van der Waals surface area contributed by atoms with E-state index in [0.717, 1.165) is 21.0 Å². The van der Waals surface area contributed by atoms with Gasteiger partial charge < -0.3 is 5.32 Å². The molecule has 0 radical (unpaired) electrons. The average Bonchev–Trinajstić information content (AvgIpc) is 2.73. The van der Waals surface area contributed by atoms with Crippen molar-refractivity contribution in [1.29, 1.82) is 0 Å². The van der Waals surface area contributed by atoms with Crippen LogP contribution < -0.4 is 5.32 Å². The van der Waals surface area contributed by atoms with E-state index >= 15 is 0 Å². The second-order valence-corrected chi connectivity index (χ2v) is 10.5. The largest absolute Gasteiger partial charge is 0.324 e. The van der Waals surface area contributed by atoms with E-state index < -0.39 is 22.5 Å². The zero-order valence-electron chi connectivity index (χ0n) is 17.4. The van der Waals surface area contributed by atoms with E-state index in [1.54, 1.807) is 12.1 Å². The molecule has 0 unspecified atom stereocenters. The molecule has 0 atom stereocenters. The first kappa shape index (κ1) is 24.6. The van der Waals surface area contributed by atoms with Crippen molar-refractivity contribution >= 4 is 56.4 Å². The van der Waals surface area contributed by atoms with Crippen molar-refractivity contribution in [3.63, 3.8) is 0 Å². The molecule has 0 heterocycles. The molecule has 3 rings (SSSR count). The van der Waals surface area contributed by atoms with Gasteiger partial charge in [-0.3, -0.25) is 4.79 Å². The Bertz CT molecular complexity index is 1230. The standard InChI is InChI=1S/C23H21Cl3N2O3S/c1-15-3-7-17(8-4-15)13-28(32(30,31)18-9-5-16(2)6-10-18)14-23(29)27-22-12-20(25)19(24)11-21(22)26/h3-12H,13-14H2,1-2H3,(H,27,29). The van der Waals surface area contributed by atoms with Crippen LogP contribution in [0.1, 0.15) is 16.7 Å². The molecule has 0 aliphatic carbocycles. The van der Waals surface area contributed by atoms with Gasteiger partial charge in [0.1, 0.15) is 0 Å². The molecule has 0 bridgehead atoms. The van der Waals surface area contributed by atoms with E-state index in [1.165, 1.54) is 24.3 Å². The van der Waals surface area contributed by atoms with Crippen LogP contribution in [0.4, 0.5) is 5.69 Å². The topological polar surface area (TPSA) is 66.5 Å². The summed E-state index contributed by atoms with van der Waals surface area (Å²) in [6.45, 7) is 3.42. The molecule has 0 aromatic heterocycles. The van der Waals surface area contributed by atoms with Gasteiger partial charge in [-0.05, 0) is 43.7 Å². The molecular weight excluding hydrogens is 491 g/mol. The van der Waals surface area contributed by atoms with Gasteiger partial charge in [0.2, 0.25) is 15.9 Å². The molecule has 5 nitrogen and oxygen atoms in total. The lowest BCUT2D eigenvalue weighted by Gasteiger charge is -2.22. The van der Waals surface area contributed by atoms with Gasteiger partial charge in [0.05, 0.1) is 32.2 Å². The Balaban J connectivity index is 1.89. The summed E-state index contributed by atoms with van der Waals surface area (Å²) >= 11 is 18.1. The molecule has 0 saturated heterocycles. The van der Waals surface area contributed by atoms with Crippen molar-refractivity contribution in [3.8, 4) is 0 Å². The molecule has 1 amide bonds. The van der Waals surface area contributed by atoms with Crippen LogP contribution in [-0.2, 0) is 21.4 Å². The molecule has 0 fully saturated rings. The third kappa shape index (κ3) is 6.03. The van der Waals surface area contributed by atoms with Crippen LogP contribution in [0.5, 0.6) is 0 Å². The van der Waals surface area contributed by atoms with Crippen LogP contribution in [0.2, 0.25) is 15.1 Å². The molecule has 3 aromatic rings. The summed E-state index contributed by atoms with van der Waals surface area (Å²) in [5, 5.41) is 3.28. The highest BCUT2D eigenvalue weighted by Gasteiger charge is 2.27. The Hall–Kier alpha value is -2.09. The molecule has 168 valence electrons. The number of rotatable bonds is 7. The van der Waals surface area contributed by atoms with Gasteiger partial charge in [0.25, 0.3) is 0 Å². The maximum atomic E-state index is 13.3. The summed E-state index contributed by atoms with van der Waals surface area (Å²) in [6.07, 6.45) is 0. The minimum atomic E-state index is -3.95. The highest BCUT2D eigenvalue weighted by molar-refractivity contribution is 7.89. The van der Waals surface area contributed by atoms with E-state index in [4.69, 9.17) is 34.8 Å². The van der Waals surface area contributed by atoms with E-state index in [2.05, 4.69) is 5.32 Å². The minimum absolute atomic E-state index is 0.0268. The monoisotopic (exact) mass is 510 g/mol. The maximum absolute atomic E-state index is 13.3. The number of sulfonamides is 1. The third-order valence-corrected chi connectivity index (χ3v) is 7.58. The number of carbonyl (C=O) groups is 1. The highest BCUT2D eigenvalue weighted by atomic mass is 35.5. The lowest BCUT2D eigenvalue weighted by Crippen LogP contribution is -2.37. The molecule has 32 heavy (non-hydrogen) atoms. The van der Waals surface area contributed by atoms with Crippen molar-refractivity contribution < 1.29 is 13.2 Å². The Morgan fingerprint density at radius 2 is 1.38 bits per heavy atom. The van der Waals surface area contributed by atoms with Crippen molar-refractivity contribution in [1.82, 2.24) is 4.31 Å². The van der Waals surface area contributed by atoms with Gasteiger partial charge in [-0.25, -0.2) is 8.42 Å². The lowest BCUT2D eigenvalue weighted by atomic mass is 10.1. The quantitative estimate of drug-likeness (QED) is 0.390. The molecule has 9 heteroatoms. The van der Waals surface area contributed by atoms with Crippen molar-refractivity contribution in [2.24, 2.45) is 0 Å². The highest BCUT2D eigenvalue weighted by Crippen LogP contribution is 2.32. The SMILES string of the molecule is Cc1ccc(CN(CC(=O)Nc2cc(Cl)c(Cl)cc2Cl)S(=O)(=O)c2ccc(C)cc2)cc1. The predicted octanol–water partition coefficient (Wildman–Crippen LogP) is 6.09. The zero-order chi connectivity index (χ0) is 23.5. The fraction of sp³-hybridized carbons (Fsp3) is 0.174. The van der Waals surface area contributed by atoms with E-state index in [0.29, 0.717) is 0 Å². The number of aryl methyl sites for hydroxylation is 2. The fourth-order valence-corrected chi connectivity index (χ4v) is 4.93. The number of nitrogens with one attached hydrogen (secondary N) is 1. The first-order valence-corrected chi connectivity index (χ1v) is 12.2. The summed E-state index contributed by atoms with van der Waals surface area (Å²) in [4.78, 5) is 12.9. The van der Waals surface area contributed by atoms with Gasteiger partial charge in [0.15, 0.2) is 0 Å². The van der Waals surface area contributed by atoms with Crippen LogP contribution in [-0.4, -0.2) is 25.2 Å². The third-order valence-electron chi connectivity index (χ3n) is 4.74. The number of halogens is 3. The minimum Gasteiger partial charge on any atom is -0.324 e. The predicted molar refractivity (Wildman–Crippen MR) is 130 cm³/mol. The molecule has 0 aliphatic rings. The van der Waals surface area contributed by atoms with E-state index in [-0.39, 0.29) is 32.2 Å². The number of hydrogen-bond donors (Lipinski definition) is 1. The second-order valence-electron chi connectivity index (χ2n) is 7.37. The Labute approximate surface area is 203 Å². The molecule has 0 saturated carbocycles. The number of hydrogen-bond acceptors (Lipinski definition) is 3. The summed E-state index contributed by atoms with van der Waals surface area (Å²) in [5.74, 6) is -0.562. The van der Waals surface area contributed by atoms with Gasteiger partial charge in [-0.1, -0.05) is 82.3 Å². The maximum Gasteiger partial charge on any atom is 0.243 e. The molecule has 1 N–H and O–H groups in total. The summed E-state index contributed by atoms with van der Waals surface area (Å²) in [5.41, 5.74) is 2.98. The summed E-state index contributed by atoms with van der Waals surface area (Å²) < 4.78 is 27.8. The van der Waals surface area contributed by atoms with Crippen molar-refractivity contribution in [2.45, 2.75) is 25.3 Å². The Morgan fingerprint density at radius 3 is 1.97 bits per heavy atom. The first-order chi connectivity index (χ1) is 15.1. The second kappa shape index (κ2) is 10.2. The van der Waals surface area contributed by atoms with E-state index in [1.807, 2.05) is 38.1 Å². The zero-order valence-corrected chi connectivity index (χ0v) is 20.5. The Morgan fingerprint density at radius 1 is 0.844 bits per heavy atom. The molecule has 0 aliphatic heterocycles. The van der Waals surface area contributed by atoms with Crippen LogP contribution >= 0.6 is 34.8 Å². The van der Waals surface area contributed by atoms with Crippen molar-refractivity contribution in [2.75, 3.05) is 11.9 Å². The van der Waals surface area contributed by atoms with E-state index in [9.17, 15) is 13.2 Å². The van der Waals surface area contributed by atoms with Crippen LogP contribution in [0.3, 0.4) is 0 Å². The number of benzene rings is 3.